The van der Waals surface area contributed by atoms with Gasteiger partial charge in [0.05, 0.1) is 0 Å². The van der Waals surface area contributed by atoms with Gasteiger partial charge in [0.15, 0.2) is 0 Å². The summed E-state index contributed by atoms with van der Waals surface area (Å²) in [6, 6.07) is 13.0. The van der Waals surface area contributed by atoms with Gasteiger partial charge in [-0.15, -0.1) is 0 Å². The Bertz CT molecular complexity index is 455. The zero-order valence-corrected chi connectivity index (χ0v) is 10.7. The van der Waals surface area contributed by atoms with Crippen LogP contribution in [0.4, 0.5) is 0 Å². The predicted molar refractivity (Wildman–Crippen MR) is 73.4 cm³/mol. The summed E-state index contributed by atoms with van der Waals surface area (Å²) >= 11 is 0. The highest BCUT2D eigenvalue weighted by Gasteiger charge is 2.27. The van der Waals surface area contributed by atoms with E-state index in [1.807, 2.05) is 6.20 Å². The number of nitrogens with zero attached hydrogens (tertiary/aromatic N) is 1. The molecule has 0 bridgehead atoms. The number of aromatic amines is 1. The van der Waals surface area contributed by atoms with Crippen LogP contribution < -0.4 is 0 Å². The average Bonchev–Trinajstić information content (AvgIpc) is 2.95. The molecule has 1 atom stereocenters. The van der Waals surface area contributed by atoms with Crippen LogP contribution in [0.2, 0.25) is 0 Å². The third-order valence-electron chi connectivity index (χ3n) is 4.14. The van der Waals surface area contributed by atoms with Crippen molar-refractivity contribution in [2.24, 2.45) is 5.92 Å². The fourth-order valence-corrected chi connectivity index (χ4v) is 3.27. The molecular weight excluding hydrogens is 220 g/mol. The summed E-state index contributed by atoms with van der Waals surface area (Å²) in [7, 11) is 0. The monoisotopic (exact) mass is 240 g/mol. The molecule has 1 aromatic carbocycles. The zero-order chi connectivity index (χ0) is 12.2. The van der Waals surface area contributed by atoms with Gasteiger partial charge in [-0.1, -0.05) is 49.6 Å². The van der Waals surface area contributed by atoms with Gasteiger partial charge in [-0.3, -0.25) is 5.10 Å². The fourth-order valence-electron chi connectivity index (χ4n) is 3.27. The summed E-state index contributed by atoms with van der Waals surface area (Å²) < 4.78 is 0. The minimum Gasteiger partial charge on any atom is -0.282 e. The lowest BCUT2D eigenvalue weighted by molar-refractivity contribution is 0.324. The summed E-state index contributed by atoms with van der Waals surface area (Å²) in [6.07, 6.45) is 8.72. The van der Waals surface area contributed by atoms with E-state index in [0.29, 0.717) is 5.92 Å². The molecule has 2 nitrogen and oxygen atoms in total. The van der Waals surface area contributed by atoms with Gasteiger partial charge >= 0.3 is 0 Å². The average molecular weight is 240 g/mol. The topological polar surface area (TPSA) is 28.7 Å². The van der Waals surface area contributed by atoms with Crippen molar-refractivity contribution in [3.8, 4) is 0 Å². The molecule has 3 rings (SSSR count). The Hall–Kier alpha value is -1.57. The molecule has 0 saturated heterocycles. The van der Waals surface area contributed by atoms with Gasteiger partial charge in [-0.25, -0.2) is 0 Å². The van der Waals surface area contributed by atoms with Crippen molar-refractivity contribution in [1.82, 2.24) is 10.2 Å². The van der Waals surface area contributed by atoms with Gasteiger partial charge in [0, 0.05) is 17.8 Å². The molecule has 1 fully saturated rings. The molecule has 0 spiro atoms. The first-order chi connectivity index (χ1) is 8.95. The first-order valence-corrected chi connectivity index (χ1v) is 6.99. The smallest absolute Gasteiger partial charge is 0.0490 e. The van der Waals surface area contributed by atoms with E-state index in [1.165, 1.54) is 43.4 Å². The minimum absolute atomic E-state index is 0.494. The molecule has 1 heterocycles. The van der Waals surface area contributed by atoms with Gasteiger partial charge in [-0.2, -0.15) is 5.10 Å². The number of aromatic nitrogens is 2. The molecule has 0 aliphatic heterocycles. The number of hydrogen-bond acceptors (Lipinski definition) is 1. The Kier molecular flexibility index (Phi) is 3.44. The van der Waals surface area contributed by atoms with E-state index in [9.17, 15) is 0 Å². The summed E-state index contributed by atoms with van der Waals surface area (Å²) in [6.45, 7) is 0. The third-order valence-corrected chi connectivity index (χ3v) is 4.14. The van der Waals surface area contributed by atoms with E-state index in [0.717, 1.165) is 5.92 Å². The molecule has 94 valence electrons. The summed E-state index contributed by atoms with van der Waals surface area (Å²) in [5, 5.41) is 7.32. The standard InChI is InChI=1S/C16H20N2/c1-3-7-13(8-4-1)16(15-11-12-17-18-15)14-9-5-2-6-10-14/h1,3-4,7-8,11-12,14,16H,2,5-6,9-10H2,(H,17,18). The highest BCUT2D eigenvalue weighted by atomic mass is 15.1. The molecule has 1 aliphatic rings. The number of benzene rings is 1. The molecule has 1 saturated carbocycles. The molecule has 2 aromatic rings. The van der Waals surface area contributed by atoms with Crippen molar-refractivity contribution in [3.63, 3.8) is 0 Å². The maximum atomic E-state index is 4.14. The number of hydrogen-bond donors (Lipinski definition) is 1. The second-order valence-corrected chi connectivity index (χ2v) is 5.30. The van der Waals surface area contributed by atoms with Crippen LogP contribution in [0.1, 0.15) is 49.3 Å². The van der Waals surface area contributed by atoms with Crippen molar-refractivity contribution in [2.75, 3.05) is 0 Å². The highest BCUT2D eigenvalue weighted by Crippen LogP contribution is 2.39. The molecule has 1 aliphatic carbocycles. The lowest BCUT2D eigenvalue weighted by Gasteiger charge is -2.30. The molecule has 2 heteroatoms. The van der Waals surface area contributed by atoms with E-state index >= 15 is 0 Å². The molecule has 0 radical (unpaired) electrons. The minimum atomic E-state index is 0.494. The van der Waals surface area contributed by atoms with Crippen LogP contribution >= 0.6 is 0 Å². The largest absolute Gasteiger partial charge is 0.282 e. The second kappa shape index (κ2) is 5.38. The van der Waals surface area contributed by atoms with Crippen LogP contribution in [0.15, 0.2) is 42.6 Å². The molecular formula is C16H20N2. The fraction of sp³-hybridized carbons (Fsp3) is 0.438. The van der Waals surface area contributed by atoms with Crippen LogP contribution in [-0.2, 0) is 0 Å². The number of H-pyrrole nitrogens is 1. The van der Waals surface area contributed by atoms with Crippen LogP contribution in [0, 0.1) is 5.92 Å². The van der Waals surface area contributed by atoms with E-state index in [-0.39, 0.29) is 0 Å². The first-order valence-electron chi connectivity index (χ1n) is 6.99. The highest BCUT2D eigenvalue weighted by molar-refractivity contribution is 5.28. The summed E-state index contributed by atoms with van der Waals surface area (Å²) in [4.78, 5) is 0. The van der Waals surface area contributed by atoms with Crippen molar-refractivity contribution in [3.05, 3.63) is 53.9 Å². The predicted octanol–water partition coefficient (Wildman–Crippen LogP) is 4.12. The van der Waals surface area contributed by atoms with E-state index in [4.69, 9.17) is 0 Å². The van der Waals surface area contributed by atoms with Gasteiger partial charge < -0.3 is 0 Å². The lowest BCUT2D eigenvalue weighted by Crippen LogP contribution is -2.18. The Balaban J connectivity index is 1.93. The Morgan fingerprint density at radius 3 is 2.44 bits per heavy atom. The lowest BCUT2D eigenvalue weighted by atomic mass is 9.75. The zero-order valence-electron chi connectivity index (χ0n) is 10.7. The van der Waals surface area contributed by atoms with Crippen LogP contribution in [0.25, 0.3) is 0 Å². The quantitative estimate of drug-likeness (QED) is 0.858. The van der Waals surface area contributed by atoms with Crippen molar-refractivity contribution < 1.29 is 0 Å². The van der Waals surface area contributed by atoms with Gasteiger partial charge in [0.2, 0.25) is 0 Å². The maximum absolute atomic E-state index is 4.14. The van der Waals surface area contributed by atoms with Crippen molar-refractivity contribution in [1.29, 1.82) is 0 Å². The van der Waals surface area contributed by atoms with Gasteiger partial charge in [-0.05, 0) is 30.4 Å². The number of rotatable bonds is 3. The van der Waals surface area contributed by atoms with Crippen molar-refractivity contribution >= 4 is 0 Å². The Morgan fingerprint density at radius 1 is 1.00 bits per heavy atom. The van der Waals surface area contributed by atoms with Gasteiger partial charge in [0.1, 0.15) is 0 Å². The SMILES string of the molecule is c1ccc(C(c2ccn[nH]2)C2CCCCC2)cc1. The van der Waals surface area contributed by atoms with Crippen LogP contribution in [0.5, 0.6) is 0 Å². The Labute approximate surface area is 108 Å². The molecule has 0 amide bonds. The number of nitrogens with one attached hydrogen (secondary N) is 1. The normalized spacial score (nSPS) is 18.7. The summed E-state index contributed by atoms with van der Waals surface area (Å²) in [5.41, 5.74) is 2.70. The molecule has 1 unspecified atom stereocenters. The second-order valence-electron chi connectivity index (χ2n) is 5.30. The first kappa shape index (κ1) is 11.5. The maximum Gasteiger partial charge on any atom is 0.0490 e. The molecule has 1 N–H and O–H groups in total. The summed E-state index contributed by atoms with van der Waals surface area (Å²) in [5.74, 6) is 1.26. The molecule has 18 heavy (non-hydrogen) atoms. The van der Waals surface area contributed by atoms with Crippen LogP contribution in [-0.4, -0.2) is 10.2 Å². The van der Waals surface area contributed by atoms with E-state index < -0.39 is 0 Å². The van der Waals surface area contributed by atoms with E-state index in [1.54, 1.807) is 0 Å². The van der Waals surface area contributed by atoms with Crippen LogP contribution in [0.3, 0.4) is 0 Å². The van der Waals surface area contributed by atoms with Crippen molar-refractivity contribution in [2.45, 2.75) is 38.0 Å². The third kappa shape index (κ3) is 2.33. The Morgan fingerprint density at radius 2 is 1.78 bits per heavy atom. The van der Waals surface area contributed by atoms with Gasteiger partial charge in [0.25, 0.3) is 0 Å². The molecule has 1 aromatic heterocycles. The van der Waals surface area contributed by atoms with E-state index in [2.05, 4.69) is 46.6 Å².